The average molecular weight is 318 g/mol. The quantitative estimate of drug-likeness (QED) is 0.527. The van der Waals surface area contributed by atoms with Gasteiger partial charge in [0.25, 0.3) is 5.56 Å². The molecule has 0 aliphatic rings. The Labute approximate surface area is 136 Å². The van der Waals surface area contributed by atoms with E-state index in [2.05, 4.69) is 9.97 Å². The Hall–Kier alpha value is -3.34. The lowest BCUT2D eigenvalue weighted by atomic mass is 9.96. The molecule has 2 aromatic heterocycles. The summed E-state index contributed by atoms with van der Waals surface area (Å²) in [6.45, 7) is 1.95. The molecule has 0 unspecified atom stereocenters. The highest BCUT2D eigenvalue weighted by atomic mass is 16.4. The maximum Gasteiger partial charge on any atom is 0.352 e. The summed E-state index contributed by atoms with van der Waals surface area (Å²) in [5.41, 5.74) is 3.70. The molecule has 3 N–H and O–H groups in total. The van der Waals surface area contributed by atoms with E-state index >= 15 is 0 Å². The van der Waals surface area contributed by atoms with Crippen LogP contribution in [0.4, 0.5) is 0 Å². The predicted molar refractivity (Wildman–Crippen MR) is 93.6 cm³/mol. The molecule has 0 aliphatic heterocycles. The SMILES string of the molecule is Cc1cc(-c2ccc3[nH]c(C(=O)O)cc3c2)c2cc[nH]c(=O)c2c1. The molecular formula is C19H14N2O3. The van der Waals surface area contributed by atoms with Crippen molar-refractivity contribution in [1.82, 2.24) is 9.97 Å². The summed E-state index contributed by atoms with van der Waals surface area (Å²) < 4.78 is 0. The molecule has 118 valence electrons. The Balaban J connectivity index is 2.00. The lowest BCUT2D eigenvalue weighted by molar-refractivity contribution is 0.0691. The van der Waals surface area contributed by atoms with Crippen molar-refractivity contribution in [3.05, 3.63) is 70.3 Å². The maximum atomic E-state index is 12.1. The molecule has 0 saturated heterocycles. The number of hydrogen-bond donors (Lipinski definition) is 3. The van der Waals surface area contributed by atoms with Crippen molar-refractivity contribution in [2.75, 3.05) is 0 Å². The van der Waals surface area contributed by atoms with Gasteiger partial charge in [-0.3, -0.25) is 4.79 Å². The molecule has 0 aliphatic carbocycles. The van der Waals surface area contributed by atoms with Gasteiger partial charge in [0.15, 0.2) is 0 Å². The maximum absolute atomic E-state index is 12.1. The van der Waals surface area contributed by atoms with Crippen LogP contribution in [0.1, 0.15) is 16.1 Å². The highest BCUT2D eigenvalue weighted by Crippen LogP contribution is 2.31. The van der Waals surface area contributed by atoms with Gasteiger partial charge in [-0.2, -0.15) is 0 Å². The summed E-state index contributed by atoms with van der Waals surface area (Å²) in [4.78, 5) is 28.8. The minimum Gasteiger partial charge on any atom is -0.477 e. The van der Waals surface area contributed by atoms with Crippen LogP contribution in [-0.4, -0.2) is 21.0 Å². The highest BCUT2D eigenvalue weighted by Gasteiger charge is 2.11. The van der Waals surface area contributed by atoms with E-state index in [1.54, 1.807) is 12.3 Å². The van der Waals surface area contributed by atoms with Crippen molar-refractivity contribution in [2.45, 2.75) is 6.92 Å². The van der Waals surface area contributed by atoms with Gasteiger partial charge < -0.3 is 15.1 Å². The number of fused-ring (bicyclic) bond motifs is 2. The zero-order chi connectivity index (χ0) is 16.8. The number of aromatic carboxylic acids is 1. The molecule has 0 fully saturated rings. The molecule has 0 saturated carbocycles. The number of aromatic nitrogens is 2. The second-order valence-corrected chi connectivity index (χ2v) is 5.87. The summed E-state index contributed by atoms with van der Waals surface area (Å²) >= 11 is 0. The largest absolute Gasteiger partial charge is 0.477 e. The van der Waals surface area contributed by atoms with Gasteiger partial charge in [-0.25, -0.2) is 4.79 Å². The van der Waals surface area contributed by atoms with Gasteiger partial charge in [-0.15, -0.1) is 0 Å². The smallest absolute Gasteiger partial charge is 0.352 e. The second-order valence-electron chi connectivity index (χ2n) is 5.87. The number of nitrogens with one attached hydrogen (secondary N) is 2. The molecular weight excluding hydrogens is 304 g/mol. The first kappa shape index (κ1) is 14.3. The lowest BCUT2D eigenvalue weighted by Gasteiger charge is -2.08. The van der Waals surface area contributed by atoms with E-state index in [4.69, 9.17) is 5.11 Å². The predicted octanol–water partition coefficient (Wildman–Crippen LogP) is 3.68. The Morgan fingerprint density at radius 1 is 1.04 bits per heavy atom. The normalized spacial score (nSPS) is 11.2. The topological polar surface area (TPSA) is 85.9 Å². The zero-order valence-corrected chi connectivity index (χ0v) is 12.9. The molecule has 2 aromatic carbocycles. The molecule has 0 bridgehead atoms. The van der Waals surface area contributed by atoms with Crippen molar-refractivity contribution in [3.8, 4) is 11.1 Å². The molecule has 5 nitrogen and oxygen atoms in total. The summed E-state index contributed by atoms with van der Waals surface area (Å²) in [6.07, 6.45) is 1.64. The van der Waals surface area contributed by atoms with E-state index in [0.717, 1.165) is 33.0 Å². The number of aryl methyl sites for hydroxylation is 1. The Bertz CT molecular complexity index is 1170. The van der Waals surface area contributed by atoms with E-state index in [9.17, 15) is 9.59 Å². The number of carboxylic acid groups (broad SMARTS) is 1. The van der Waals surface area contributed by atoms with E-state index < -0.39 is 5.97 Å². The third kappa shape index (κ3) is 2.18. The minimum absolute atomic E-state index is 0.117. The van der Waals surface area contributed by atoms with Crippen molar-refractivity contribution >= 4 is 27.6 Å². The monoisotopic (exact) mass is 318 g/mol. The minimum atomic E-state index is -0.986. The van der Waals surface area contributed by atoms with Crippen LogP contribution < -0.4 is 5.56 Å². The van der Waals surface area contributed by atoms with Crippen molar-refractivity contribution < 1.29 is 9.90 Å². The second kappa shape index (κ2) is 5.09. The Morgan fingerprint density at radius 2 is 1.88 bits per heavy atom. The van der Waals surface area contributed by atoms with Crippen LogP contribution in [0.15, 0.2) is 53.5 Å². The van der Waals surface area contributed by atoms with E-state index in [1.165, 1.54) is 0 Å². The molecule has 5 heteroatoms. The van der Waals surface area contributed by atoms with Gasteiger partial charge in [-0.05, 0) is 59.3 Å². The molecule has 0 radical (unpaired) electrons. The van der Waals surface area contributed by atoms with Gasteiger partial charge in [0.05, 0.1) is 0 Å². The molecule has 0 amide bonds. The van der Waals surface area contributed by atoms with Crippen LogP contribution in [0.3, 0.4) is 0 Å². The van der Waals surface area contributed by atoms with Crippen molar-refractivity contribution in [1.29, 1.82) is 0 Å². The highest BCUT2D eigenvalue weighted by molar-refractivity contribution is 6.00. The number of H-pyrrole nitrogens is 2. The Kier molecular flexibility index (Phi) is 3.03. The third-order valence-electron chi connectivity index (χ3n) is 4.20. The van der Waals surface area contributed by atoms with Gasteiger partial charge in [0.2, 0.25) is 0 Å². The third-order valence-corrected chi connectivity index (χ3v) is 4.20. The molecule has 2 heterocycles. The van der Waals surface area contributed by atoms with Gasteiger partial charge >= 0.3 is 5.97 Å². The first-order chi connectivity index (χ1) is 11.5. The lowest BCUT2D eigenvalue weighted by Crippen LogP contribution is -2.05. The number of benzene rings is 2. The van der Waals surface area contributed by atoms with Crippen LogP contribution in [-0.2, 0) is 0 Å². The van der Waals surface area contributed by atoms with Crippen LogP contribution in [0.25, 0.3) is 32.8 Å². The summed E-state index contributed by atoms with van der Waals surface area (Å²) in [6, 6.07) is 13.1. The molecule has 0 atom stereocenters. The number of rotatable bonds is 2. The van der Waals surface area contributed by atoms with Gasteiger partial charge in [0, 0.05) is 22.5 Å². The van der Waals surface area contributed by atoms with E-state index in [-0.39, 0.29) is 11.3 Å². The first-order valence-electron chi connectivity index (χ1n) is 7.51. The first-order valence-corrected chi connectivity index (χ1v) is 7.51. The summed E-state index contributed by atoms with van der Waals surface area (Å²) in [5.74, 6) is -0.986. The van der Waals surface area contributed by atoms with E-state index in [0.29, 0.717) is 5.39 Å². The van der Waals surface area contributed by atoms with E-state index in [1.807, 2.05) is 43.3 Å². The fourth-order valence-electron chi connectivity index (χ4n) is 3.10. The zero-order valence-electron chi connectivity index (χ0n) is 12.9. The number of carbonyl (C=O) groups is 1. The average Bonchev–Trinajstić information content (AvgIpc) is 2.98. The molecule has 4 rings (SSSR count). The number of hydrogen-bond acceptors (Lipinski definition) is 2. The van der Waals surface area contributed by atoms with Crippen LogP contribution in [0.2, 0.25) is 0 Å². The van der Waals surface area contributed by atoms with Crippen molar-refractivity contribution in [3.63, 3.8) is 0 Å². The fourth-order valence-corrected chi connectivity index (χ4v) is 3.10. The fraction of sp³-hybridized carbons (Fsp3) is 0.0526. The Morgan fingerprint density at radius 3 is 2.67 bits per heavy atom. The van der Waals surface area contributed by atoms with Crippen molar-refractivity contribution in [2.24, 2.45) is 0 Å². The van der Waals surface area contributed by atoms with Gasteiger partial charge in [-0.1, -0.05) is 12.1 Å². The number of pyridine rings is 1. The number of aromatic amines is 2. The van der Waals surface area contributed by atoms with Crippen LogP contribution in [0.5, 0.6) is 0 Å². The standard InChI is InChI=1S/C19H14N2O3/c1-10-6-14(13-4-5-20-18(22)15(13)7-10)11-2-3-16-12(8-11)9-17(21-16)19(23)24/h2-9,21H,1H3,(H,20,22)(H,23,24). The summed E-state index contributed by atoms with van der Waals surface area (Å²) in [5, 5.41) is 11.5. The van der Waals surface area contributed by atoms with Gasteiger partial charge in [0.1, 0.15) is 5.69 Å². The summed E-state index contributed by atoms with van der Waals surface area (Å²) in [7, 11) is 0. The van der Waals surface area contributed by atoms with Crippen LogP contribution in [0, 0.1) is 6.92 Å². The number of carboxylic acids is 1. The molecule has 0 spiro atoms. The van der Waals surface area contributed by atoms with Crippen LogP contribution >= 0.6 is 0 Å². The molecule has 24 heavy (non-hydrogen) atoms. The molecule has 4 aromatic rings.